The summed E-state index contributed by atoms with van der Waals surface area (Å²) in [6.45, 7) is 4.96. The van der Waals surface area contributed by atoms with Crippen molar-refractivity contribution in [1.29, 1.82) is 0 Å². The lowest BCUT2D eigenvalue weighted by atomic mass is 10.1. The largest absolute Gasteiger partial charge is 0.497 e. The van der Waals surface area contributed by atoms with Gasteiger partial charge in [0.15, 0.2) is 9.84 Å². The number of hydrogen-bond donors (Lipinski definition) is 1. The molecule has 20 heavy (non-hydrogen) atoms. The van der Waals surface area contributed by atoms with Gasteiger partial charge in [-0.1, -0.05) is 0 Å². The second kappa shape index (κ2) is 6.95. The molecule has 0 saturated carbocycles. The van der Waals surface area contributed by atoms with Crippen molar-refractivity contribution in [1.82, 2.24) is 0 Å². The summed E-state index contributed by atoms with van der Waals surface area (Å²) >= 11 is 0. The van der Waals surface area contributed by atoms with Gasteiger partial charge in [0.25, 0.3) is 0 Å². The summed E-state index contributed by atoms with van der Waals surface area (Å²) in [5.74, 6) is 0.982. The fraction of sp³-hybridized carbons (Fsp3) is 0.571. The number of ether oxygens (including phenoxy) is 2. The van der Waals surface area contributed by atoms with Crippen LogP contribution in [0.15, 0.2) is 18.2 Å². The Morgan fingerprint density at radius 3 is 2.40 bits per heavy atom. The van der Waals surface area contributed by atoms with E-state index in [1.54, 1.807) is 39.0 Å². The molecule has 0 spiro atoms. The van der Waals surface area contributed by atoms with Crippen LogP contribution in [0.4, 0.5) is 0 Å². The van der Waals surface area contributed by atoms with Crippen LogP contribution in [0.3, 0.4) is 0 Å². The second-order valence-corrected chi connectivity index (χ2v) is 7.52. The molecule has 0 bridgehead atoms. The van der Waals surface area contributed by atoms with E-state index < -0.39 is 21.2 Å². The first kappa shape index (κ1) is 16.8. The molecule has 0 fully saturated rings. The predicted molar refractivity (Wildman–Crippen MR) is 78.0 cm³/mol. The van der Waals surface area contributed by atoms with Gasteiger partial charge < -0.3 is 14.6 Å². The fourth-order valence-electron chi connectivity index (χ4n) is 1.62. The Hall–Kier alpha value is -1.27. The third-order valence-electron chi connectivity index (χ3n) is 3.01. The molecule has 1 aromatic carbocycles. The summed E-state index contributed by atoms with van der Waals surface area (Å²) in [6.07, 6.45) is -0.697. The Balaban J connectivity index is 2.81. The van der Waals surface area contributed by atoms with E-state index in [1.165, 1.54) is 7.11 Å². The van der Waals surface area contributed by atoms with Crippen LogP contribution in [-0.2, 0) is 9.84 Å². The number of hydrogen-bond acceptors (Lipinski definition) is 5. The lowest BCUT2D eigenvalue weighted by Gasteiger charge is -2.15. The maximum absolute atomic E-state index is 11.7. The van der Waals surface area contributed by atoms with Gasteiger partial charge in [0.2, 0.25) is 0 Å². The van der Waals surface area contributed by atoms with Crippen LogP contribution in [0.25, 0.3) is 0 Å². The van der Waals surface area contributed by atoms with Crippen molar-refractivity contribution in [2.75, 3.05) is 19.5 Å². The van der Waals surface area contributed by atoms with Crippen molar-refractivity contribution >= 4 is 9.84 Å². The average Bonchev–Trinajstić information content (AvgIpc) is 2.37. The number of methoxy groups -OCH3 is 1. The first-order chi connectivity index (χ1) is 9.27. The molecule has 1 atom stereocenters. The molecule has 0 aliphatic rings. The highest BCUT2D eigenvalue weighted by molar-refractivity contribution is 7.91. The Kier molecular flexibility index (Phi) is 5.83. The number of benzene rings is 1. The van der Waals surface area contributed by atoms with E-state index in [0.717, 1.165) is 0 Å². The molecule has 6 heteroatoms. The number of sulfone groups is 1. The first-order valence-corrected chi connectivity index (χ1v) is 8.20. The summed E-state index contributed by atoms with van der Waals surface area (Å²) < 4.78 is 34.0. The zero-order chi connectivity index (χ0) is 15.3. The quantitative estimate of drug-likeness (QED) is 0.833. The van der Waals surface area contributed by atoms with Crippen molar-refractivity contribution in [3.63, 3.8) is 0 Å². The molecule has 114 valence electrons. The van der Waals surface area contributed by atoms with Crippen molar-refractivity contribution in [2.45, 2.75) is 32.1 Å². The van der Waals surface area contributed by atoms with E-state index in [4.69, 9.17) is 9.47 Å². The molecule has 0 saturated heterocycles. The Morgan fingerprint density at radius 1 is 1.25 bits per heavy atom. The SMILES string of the molecule is COc1ccc([C@H](C)O)c(OCCS(=O)(=O)C(C)C)c1. The Morgan fingerprint density at radius 2 is 1.90 bits per heavy atom. The smallest absolute Gasteiger partial charge is 0.155 e. The van der Waals surface area contributed by atoms with Crippen molar-refractivity contribution in [3.8, 4) is 11.5 Å². The molecule has 0 aliphatic heterocycles. The summed E-state index contributed by atoms with van der Waals surface area (Å²) in [7, 11) is -1.60. The van der Waals surface area contributed by atoms with Crippen molar-refractivity contribution < 1.29 is 23.0 Å². The number of aliphatic hydroxyl groups excluding tert-OH is 1. The molecule has 1 aromatic rings. The maximum atomic E-state index is 11.7. The van der Waals surface area contributed by atoms with E-state index in [9.17, 15) is 13.5 Å². The lowest BCUT2D eigenvalue weighted by Crippen LogP contribution is -2.22. The van der Waals surface area contributed by atoms with Gasteiger partial charge in [-0.05, 0) is 32.9 Å². The predicted octanol–water partition coefficient (Wildman–Crippen LogP) is 1.95. The number of aliphatic hydroxyl groups is 1. The highest BCUT2D eigenvalue weighted by Crippen LogP contribution is 2.29. The molecule has 0 radical (unpaired) electrons. The van der Waals surface area contributed by atoms with Crippen LogP contribution in [0.2, 0.25) is 0 Å². The molecule has 1 N–H and O–H groups in total. The molecule has 0 aromatic heterocycles. The van der Waals surface area contributed by atoms with Gasteiger partial charge in [0.1, 0.15) is 18.1 Å². The van der Waals surface area contributed by atoms with Crippen LogP contribution < -0.4 is 9.47 Å². The molecular formula is C14H22O5S. The molecule has 0 heterocycles. The van der Waals surface area contributed by atoms with E-state index in [-0.39, 0.29) is 12.4 Å². The zero-order valence-electron chi connectivity index (χ0n) is 12.3. The van der Waals surface area contributed by atoms with Crippen molar-refractivity contribution in [2.24, 2.45) is 0 Å². The monoisotopic (exact) mass is 302 g/mol. The summed E-state index contributed by atoms with van der Waals surface area (Å²) in [6, 6.07) is 5.07. The molecule has 0 amide bonds. The first-order valence-electron chi connectivity index (χ1n) is 6.48. The molecule has 1 rings (SSSR count). The summed E-state index contributed by atoms with van der Waals surface area (Å²) in [4.78, 5) is 0. The number of rotatable bonds is 7. The van der Waals surface area contributed by atoms with Gasteiger partial charge in [-0.3, -0.25) is 0 Å². The second-order valence-electron chi connectivity index (χ2n) is 4.84. The lowest BCUT2D eigenvalue weighted by molar-refractivity contribution is 0.192. The molecule has 0 aliphatic carbocycles. The third kappa shape index (κ3) is 4.38. The van der Waals surface area contributed by atoms with E-state index in [0.29, 0.717) is 17.1 Å². The van der Waals surface area contributed by atoms with Crippen LogP contribution in [0.1, 0.15) is 32.4 Å². The molecule has 0 unspecified atom stereocenters. The third-order valence-corrected chi connectivity index (χ3v) is 5.19. The maximum Gasteiger partial charge on any atom is 0.155 e. The summed E-state index contributed by atoms with van der Waals surface area (Å²) in [5, 5.41) is 9.25. The topological polar surface area (TPSA) is 72.8 Å². The standard InChI is InChI=1S/C14H22O5S/c1-10(2)20(16,17)8-7-19-14-9-12(18-4)5-6-13(14)11(3)15/h5-6,9-11,15H,7-8H2,1-4H3/t11-/m0/s1. The molecular weight excluding hydrogens is 280 g/mol. The minimum atomic E-state index is -3.14. The highest BCUT2D eigenvalue weighted by Gasteiger charge is 2.17. The van der Waals surface area contributed by atoms with Gasteiger partial charge >= 0.3 is 0 Å². The van der Waals surface area contributed by atoms with Gasteiger partial charge in [-0.15, -0.1) is 0 Å². The Labute approximate surface area is 120 Å². The normalized spacial score (nSPS) is 13.3. The highest BCUT2D eigenvalue weighted by atomic mass is 32.2. The van der Waals surface area contributed by atoms with E-state index >= 15 is 0 Å². The van der Waals surface area contributed by atoms with Crippen molar-refractivity contribution in [3.05, 3.63) is 23.8 Å². The minimum Gasteiger partial charge on any atom is -0.497 e. The minimum absolute atomic E-state index is 0.0490. The van der Waals surface area contributed by atoms with Gasteiger partial charge in [-0.2, -0.15) is 0 Å². The summed E-state index contributed by atoms with van der Waals surface area (Å²) in [5.41, 5.74) is 0.604. The van der Waals surface area contributed by atoms with E-state index in [2.05, 4.69) is 0 Å². The average molecular weight is 302 g/mol. The van der Waals surface area contributed by atoms with Crippen LogP contribution >= 0.6 is 0 Å². The van der Waals surface area contributed by atoms with Gasteiger partial charge in [0.05, 0.1) is 24.2 Å². The molecule has 5 nitrogen and oxygen atoms in total. The van der Waals surface area contributed by atoms with Crippen LogP contribution in [-0.4, -0.2) is 38.2 Å². The van der Waals surface area contributed by atoms with E-state index in [1.807, 2.05) is 0 Å². The van der Waals surface area contributed by atoms with Gasteiger partial charge in [0, 0.05) is 11.6 Å². The zero-order valence-corrected chi connectivity index (χ0v) is 13.1. The van der Waals surface area contributed by atoms with Gasteiger partial charge in [-0.25, -0.2) is 8.42 Å². The van der Waals surface area contributed by atoms with Crippen LogP contribution in [0, 0.1) is 0 Å². The van der Waals surface area contributed by atoms with Crippen LogP contribution in [0.5, 0.6) is 11.5 Å². The Bertz CT molecular complexity index is 534. The fourth-order valence-corrected chi connectivity index (χ4v) is 2.40.